The average Bonchev–Trinajstić information content (AvgIpc) is 2.36. The van der Waals surface area contributed by atoms with Crippen LogP contribution in [-0.2, 0) is 9.53 Å². The summed E-state index contributed by atoms with van der Waals surface area (Å²) >= 11 is 0. The first-order valence-electron chi connectivity index (χ1n) is 7.41. The molecule has 5 nitrogen and oxygen atoms in total. The molecule has 1 amide bonds. The Morgan fingerprint density at radius 3 is 2.25 bits per heavy atom. The summed E-state index contributed by atoms with van der Waals surface area (Å²) < 4.78 is 5.21. The number of hydrogen-bond donors (Lipinski definition) is 2. The zero-order chi connectivity index (χ0) is 15.4. The third-order valence-electron chi connectivity index (χ3n) is 3.87. The zero-order valence-corrected chi connectivity index (χ0v) is 13.1. The summed E-state index contributed by atoms with van der Waals surface area (Å²) in [5.74, 6) is 0.272. The smallest absolute Gasteiger partial charge is 0.408 e. The van der Waals surface area contributed by atoms with Crippen molar-refractivity contribution < 1.29 is 14.3 Å². The van der Waals surface area contributed by atoms with E-state index < -0.39 is 17.2 Å². The number of nitrogens with one attached hydrogen (secondary N) is 1. The molecule has 2 unspecified atom stereocenters. The van der Waals surface area contributed by atoms with Gasteiger partial charge in [0.25, 0.3) is 0 Å². The number of rotatable bonds is 4. The molecular weight excluding hydrogens is 256 g/mol. The molecule has 0 aromatic heterocycles. The molecule has 1 aliphatic rings. The van der Waals surface area contributed by atoms with Crippen LogP contribution in [0.15, 0.2) is 0 Å². The lowest BCUT2D eigenvalue weighted by Crippen LogP contribution is -2.62. The number of carbonyl (C=O) groups is 2. The maximum absolute atomic E-state index is 11.9. The van der Waals surface area contributed by atoms with Crippen molar-refractivity contribution in [2.75, 3.05) is 0 Å². The van der Waals surface area contributed by atoms with Gasteiger partial charge in [0.05, 0.1) is 0 Å². The van der Waals surface area contributed by atoms with E-state index >= 15 is 0 Å². The van der Waals surface area contributed by atoms with Gasteiger partial charge >= 0.3 is 6.09 Å². The van der Waals surface area contributed by atoms with Crippen LogP contribution in [0.4, 0.5) is 4.79 Å². The van der Waals surface area contributed by atoms with Gasteiger partial charge in [-0.15, -0.1) is 0 Å². The first-order valence-corrected chi connectivity index (χ1v) is 7.41. The Kier molecular flexibility index (Phi) is 5.57. The second kappa shape index (κ2) is 6.57. The monoisotopic (exact) mass is 284 g/mol. The molecule has 116 valence electrons. The Hall–Kier alpha value is -1.10. The number of hydrogen-bond acceptors (Lipinski definition) is 4. The van der Waals surface area contributed by atoms with E-state index in [0.717, 1.165) is 32.0 Å². The van der Waals surface area contributed by atoms with E-state index in [1.807, 2.05) is 0 Å². The molecule has 0 radical (unpaired) electrons. The van der Waals surface area contributed by atoms with Crippen molar-refractivity contribution in [1.82, 2.24) is 5.32 Å². The Balaban J connectivity index is 2.69. The van der Waals surface area contributed by atoms with Gasteiger partial charge in [0, 0.05) is 6.04 Å². The maximum Gasteiger partial charge on any atom is 0.408 e. The van der Waals surface area contributed by atoms with Crippen LogP contribution >= 0.6 is 0 Å². The number of amides is 1. The van der Waals surface area contributed by atoms with Crippen LogP contribution in [0.25, 0.3) is 0 Å². The maximum atomic E-state index is 11.9. The molecule has 0 spiro atoms. The van der Waals surface area contributed by atoms with Crippen molar-refractivity contribution in [3.8, 4) is 0 Å². The van der Waals surface area contributed by atoms with Gasteiger partial charge in [0.1, 0.15) is 17.4 Å². The molecule has 1 rings (SSSR count). The molecule has 0 bridgehead atoms. The fourth-order valence-corrected chi connectivity index (χ4v) is 2.70. The predicted octanol–water partition coefficient (Wildman–Crippen LogP) is 2.38. The average molecular weight is 284 g/mol. The number of ether oxygens (including phenoxy) is 1. The second-order valence-corrected chi connectivity index (χ2v) is 6.95. The van der Waals surface area contributed by atoms with Crippen molar-refractivity contribution in [2.24, 2.45) is 11.7 Å². The lowest BCUT2D eigenvalue weighted by molar-refractivity contribution is -0.114. The van der Waals surface area contributed by atoms with Crippen LogP contribution in [0, 0.1) is 5.92 Å². The number of carbonyl (C=O) groups excluding carboxylic acids is 2. The van der Waals surface area contributed by atoms with Gasteiger partial charge < -0.3 is 20.6 Å². The van der Waals surface area contributed by atoms with Crippen molar-refractivity contribution in [2.45, 2.75) is 77.0 Å². The van der Waals surface area contributed by atoms with E-state index in [4.69, 9.17) is 10.5 Å². The Morgan fingerprint density at radius 1 is 1.25 bits per heavy atom. The summed E-state index contributed by atoms with van der Waals surface area (Å²) in [5, 5.41) is 2.64. The van der Waals surface area contributed by atoms with Crippen molar-refractivity contribution in [3.05, 3.63) is 0 Å². The molecule has 2 atom stereocenters. The summed E-state index contributed by atoms with van der Waals surface area (Å²) in [7, 11) is 0. The molecule has 0 heterocycles. The van der Waals surface area contributed by atoms with Crippen molar-refractivity contribution >= 4 is 12.4 Å². The van der Waals surface area contributed by atoms with Gasteiger partial charge in [-0.25, -0.2) is 4.79 Å². The molecule has 0 saturated heterocycles. The van der Waals surface area contributed by atoms with Crippen LogP contribution in [0.3, 0.4) is 0 Å². The fraction of sp³-hybridized carbons (Fsp3) is 0.867. The number of aldehydes is 1. The minimum absolute atomic E-state index is 0.272. The van der Waals surface area contributed by atoms with Gasteiger partial charge in [-0.05, 0) is 46.5 Å². The van der Waals surface area contributed by atoms with Crippen molar-refractivity contribution in [1.29, 1.82) is 0 Å². The summed E-state index contributed by atoms with van der Waals surface area (Å²) in [6, 6.07) is -0.382. The lowest BCUT2D eigenvalue weighted by Gasteiger charge is -2.38. The van der Waals surface area contributed by atoms with Gasteiger partial charge in [0.2, 0.25) is 0 Å². The topological polar surface area (TPSA) is 81.4 Å². The SMILES string of the molecule is CC(C)(C)OC(=O)NC(C)(C=O)C(N)C1CCCCC1. The molecule has 0 aromatic carbocycles. The summed E-state index contributed by atoms with van der Waals surface area (Å²) in [6.07, 6.45) is 5.66. The molecule has 1 fully saturated rings. The molecular formula is C15H28N2O3. The van der Waals surface area contributed by atoms with E-state index in [-0.39, 0.29) is 12.0 Å². The summed E-state index contributed by atoms with van der Waals surface area (Å²) in [4.78, 5) is 23.3. The van der Waals surface area contributed by atoms with E-state index in [1.165, 1.54) is 6.42 Å². The van der Waals surface area contributed by atoms with Crippen molar-refractivity contribution in [3.63, 3.8) is 0 Å². The van der Waals surface area contributed by atoms with Gasteiger partial charge in [-0.1, -0.05) is 19.3 Å². The van der Waals surface area contributed by atoms with E-state index in [1.54, 1.807) is 27.7 Å². The zero-order valence-electron chi connectivity index (χ0n) is 13.1. The summed E-state index contributed by atoms with van der Waals surface area (Å²) in [6.45, 7) is 7.02. The first-order chi connectivity index (χ1) is 9.18. The Labute approximate surface area is 121 Å². The molecule has 5 heteroatoms. The largest absolute Gasteiger partial charge is 0.444 e. The van der Waals surface area contributed by atoms with E-state index in [9.17, 15) is 9.59 Å². The molecule has 3 N–H and O–H groups in total. The first kappa shape index (κ1) is 17.0. The standard InChI is InChI=1S/C15H28N2O3/c1-14(2,3)20-13(19)17-15(4,10-18)12(16)11-8-6-5-7-9-11/h10-12H,5-9,16H2,1-4H3,(H,17,19). The van der Waals surface area contributed by atoms with Crippen LogP contribution in [0.2, 0.25) is 0 Å². The highest BCUT2D eigenvalue weighted by Gasteiger charge is 2.39. The van der Waals surface area contributed by atoms with Crippen LogP contribution in [0.5, 0.6) is 0 Å². The van der Waals surface area contributed by atoms with E-state index in [2.05, 4.69) is 5.32 Å². The summed E-state index contributed by atoms with van der Waals surface area (Å²) in [5.41, 5.74) is 4.57. The third-order valence-corrected chi connectivity index (χ3v) is 3.87. The quantitative estimate of drug-likeness (QED) is 0.777. The van der Waals surface area contributed by atoms with E-state index in [0.29, 0.717) is 0 Å². The van der Waals surface area contributed by atoms with Crippen LogP contribution in [-0.4, -0.2) is 29.6 Å². The predicted molar refractivity (Wildman–Crippen MR) is 78.4 cm³/mol. The molecule has 1 saturated carbocycles. The van der Waals surface area contributed by atoms with Gasteiger partial charge in [0.15, 0.2) is 0 Å². The normalized spacial score (nSPS) is 21.6. The fourth-order valence-electron chi connectivity index (χ4n) is 2.70. The lowest BCUT2D eigenvalue weighted by atomic mass is 9.76. The Bertz CT molecular complexity index is 346. The van der Waals surface area contributed by atoms with Gasteiger partial charge in [-0.3, -0.25) is 0 Å². The number of nitrogens with two attached hydrogens (primary N) is 1. The minimum atomic E-state index is -1.08. The number of alkyl carbamates (subject to hydrolysis) is 1. The van der Waals surface area contributed by atoms with Gasteiger partial charge in [-0.2, -0.15) is 0 Å². The van der Waals surface area contributed by atoms with Crippen LogP contribution in [0.1, 0.15) is 59.8 Å². The van der Waals surface area contributed by atoms with Crippen LogP contribution < -0.4 is 11.1 Å². The third kappa shape index (κ3) is 4.78. The highest BCUT2D eigenvalue weighted by Crippen LogP contribution is 2.29. The highest BCUT2D eigenvalue weighted by molar-refractivity contribution is 5.77. The molecule has 0 aromatic rings. The molecule has 20 heavy (non-hydrogen) atoms. The second-order valence-electron chi connectivity index (χ2n) is 6.95. The molecule has 0 aliphatic heterocycles. The molecule has 1 aliphatic carbocycles. The minimum Gasteiger partial charge on any atom is -0.444 e. The highest BCUT2D eigenvalue weighted by atomic mass is 16.6. The Morgan fingerprint density at radius 2 is 1.80 bits per heavy atom.